The molecule has 1 aromatic rings. The Balaban J connectivity index is 2.25. The van der Waals surface area contributed by atoms with Crippen LogP contribution in [-0.2, 0) is 0 Å². The molecule has 1 atom stereocenters. The Labute approximate surface area is 104 Å². The summed E-state index contributed by atoms with van der Waals surface area (Å²) in [6.07, 6.45) is 3.95. The van der Waals surface area contributed by atoms with Crippen molar-refractivity contribution in [1.29, 1.82) is 0 Å². The lowest BCUT2D eigenvalue weighted by Gasteiger charge is -2.35. The van der Waals surface area contributed by atoms with Gasteiger partial charge in [-0.05, 0) is 44.5 Å². The summed E-state index contributed by atoms with van der Waals surface area (Å²) in [5.41, 5.74) is 2.58. The van der Waals surface area contributed by atoms with Gasteiger partial charge in [-0.3, -0.25) is 4.90 Å². The molecule has 2 heterocycles. The molecule has 0 radical (unpaired) electrons. The predicted molar refractivity (Wildman–Crippen MR) is 72.4 cm³/mol. The van der Waals surface area contributed by atoms with Gasteiger partial charge in [-0.1, -0.05) is 19.4 Å². The maximum absolute atomic E-state index is 4.60. The molecular weight excluding hydrogens is 210 g/mol. The number of aromatic nitrogens is 1. The van der Waals surface area contributed by atoms with E-state index in [1.54, 1.807) is 0 Å². The second kappa shape index (κ2) is 5.50. The van der Waals surface area contributed by atoms with E-state index in [9.17, 15) is 0 Å². The van der Waals surface area contributed by atoms with Crippen molar-refractivity contribution in [3.63, 3.8) is 0 Å². The molecule has 1 saturated heterocycles. The number of hydrogen-bond acceptors (Lipinski definition) is 3. The average molecular weight is 233 g/mol. The van der Waals surface area contributed by atoms with Crippen LogP contribution in [0.4, 0.5) is 5.82 Å². The number of nitrogens with zero attached hydrogens (tertiary/aromatic N) is 2. The third-order valence-corrected chi connectivity index (χ3v) is 3.76. The summed E-state index contributed by atoms with van der Waals surface area (Å²) >= 11 is 0. The zero-order valence-electron chi connectivity index (χ0n) is 11.2. The van der Waals surface area contributed by atoms with Gasteiger partial charge >= 0.3 is 0 Å². The summed E-state index contributed by atoms with van der Waals surface area (Å²) in [5.74, 6) is 0.963. The van der Waals surface area contributed by atoms with Gasteiger partial charge in [0.1, 0.15) is 5.82 Å². The lowest BCUT2D eigenvalue weighted by Crippen LogP contribution is -2.33. The third kappa shape index (κ3) is 2.60. The third-order valence-electron chi connectivity index (χ3n) is 3.76. The van der Waals surface area contributed by atoms with Crippen LogP contribution in [0.25, 0.3) is 0 Å². The number of anilines is 1. The Morgan fingerprint density at radius 3 is 2.88 bits per heavy atom. The maximum Gasteiger partial charge on any atom is 0.125 e. The zero-order valence-corrected chi connectivity index (χ0v) is 11.2. The zero-order chi connectivity index (χ0) is 12.3. The van der Waals surface area contributed by atoms with E-state index in [0.29, 0.717) is 6.04 Å². The number of aryl methyl sites for hydroxylation is 1. The molecule has 3 heteroatoms. The Hall–Kier alpha value is -1.09. The van der Waals surface area contributed by atoms with Crippen LogP contribution < -0.4 is 5.32 Å². The molecule has 17 heavy (non-hydrogen) atoms. The fourth-order valence-electron chi connectivity index (χ4n) is 2.78. The Morgan fingerprint density at radius 1 is 1.41 bits per heavy atom. The first kappa shape index (κ1) is 12.4. The number of rotatable bonds is 3. The van der Waals surface area contributed by atoms with Crippen LogP contribution in [0.2, 0.25) is 0 Å². The normalized spacial score (nSPS) is 21.5. The van der Waals surface area contributed by atoms with E-state index in [1.165, 1.54) is 37.1 Å². The van der Waals surface area contributed by atoms with Crippen molar-refractivity contribution in [2.75, 3.05) is 25.5 Å². The summed E-state index contributed by atoms with van der Waals surface area (Å²) in [6.45, 7) is 6.74. The molecule has 0 aliphatic carbocycles. The Kier molecular flexibility index (Phi) is 4.00. The summed E-state index contributed by atoms with van der Waals surface area (Å²) < 4.78 is 0. The van der Waals surface area contributed by atoms with Gasteiger partial charge in [0.05, 0.1) is 0 Å². The van der Waals surface area contributed by atoms with Gasteiger partial charge in [-0.2, -0.15) is 0 Å². The molecule has 1 N–H and O–H groups in total. The van der Waals surface area contributed by atoms with E-state index < -0.39 is 0 Å². The minimum atomic E-state index is 0.576. The molecule has 1 aromatic heterocycles. The van der Waals surface area contributed by atoms with Crippen LogP contribution in [0.15, 0.2) is 12.1 Å². The topological polar surface area (TPSA) is 28.2 Å². The van der Waals surface area contributed by atoms with E-state index in [0.717, 1.165) is 12.4 Å². The molecule has 0 bridgehead atoms. The number of likely N-dealkylation sites (tertiary alicyclic amines) is 1. The van der Waals surface area contributed by atoms with E-state index in [4.69, 9.17) is 0 Å². The fraction of sp³-hybridized carbons (Fsp3) is 0.643. The molecule has 0 aromatic carbocycles. The molecule has 1 fully saturated rings. The van der Waals surface area contributed by atoms with Crippen molar-refractivity contribution in [3.05, 3.63) is 23.4 Å². The minimum absolute atomic E-state index is 0.576. The monoisotopic (exact) mass is 233 g/mol. The first-order valence-electron chi connectivity index (χ1n) is 6.65. The number of hydrogen-bond donors (Lipinski definition) is 1. The van der Waals surface area contributed by atoms with Crippen LogP contribution in [0, 0.1) is 6.92 Å². The van der Waals surface area contributed by atoms with Crippen molar-refractivity contribution in [1.82, 2.24) is 9.88 Å². The molecule has 94 valence electrons. The van der Waals surface area contributed by atoms with E-state index >= 15 is 0 Å². The van der Waals surface area contributed by atoms with Crippen LogP contribution >= 0.6 is 0 Å². The van der Waals surface area contributed by atoms with Gasteiger partial charge in [0.15, 0.2) is 0 Å². The molecule has 0 saturated carbocycles. The van der Waals surface area contributed by atoms with E-state index in [2.05, 4.69) is 41.2 Å². The van der Waals surface area contributed by atoms with Gasteiger partial charge < -0.3 is 5.32 Å². The Morgan fingerprint density at radius 2 is 2.24 bits per heavy atom. The highest BCUT2D eigenvalue weighted by molar-refractivity contribution is 5.39. The molecule has 0 spiro atoms. The largest absolute Gasteiger partial charge is 0.373 e. The lowest BCUT2D eigenvalue weighted by atomic mass is 9.94. The lowest BCUT2D eigenvalue weighted by molar-refractivity contribution is 0.156. The quantitative estimate of drug-likeness (QED) is 0.870. The van der Waals surface area contributed by atoms with Crippen molar-refractivity contribution in [2.24, 2.45) is 0 Å². The van der Waals surface area contributed by atoms with Gasteiger partial charge in [0, 0.05) is 18.8 Å². The summed E-state index contributed by atoms with van der Waals surface area (Å²) in [6, 6.07) is 4.91. The second-order valence-corrected chi connectivity index (χ2v) is 4.76. The van der Waals surface area contributed by atoms with Gasteiger partial charge in [0.25, 0.3) is 0 Å². The molecule has 0 amide bonds. The van der Waals surface area contributed by atoms with Crippen LogP contribution in [0.1, 0.15) is 43.5 Å². The summed E-state index contributed by atoms with van der Waals surface area (Å²) in [5, 5.41) is 3.10. The molecule has 1 unspecified atom stereocenters. The standard InChI is InChI=1S/C14H23N3/c1-4-17-10-6-5-7-13(17)12-8-9-14(15-3)16-11(12)2/h8-9,13H,4-7,10H2,1-3H3,(H,15,16). The summed E-state index contributed by atoms with van der Waals surface area (Å²) in [4.78, 5) is 7.17. The smallest absolute Gasteiger partial charge is 0.125 e. The highest BCUT2D eigenvalue weighted by Crippen LogP contribution is 2.32. The highest BCUT2D eigenvalue weighted by atomic mass is 15.2. The van der Waals surface area contributed by atoms with Gasteiger partial charge in [-0.25, -0.2) is 4.98 Å². The number of pyridine rings is 1. The fourth-order valence-corrected chi connectivity index (χ4v) is 2.78. The highest BCUT2D eigenvalue weighted by Gasteiger charge is 2.24. The van der Waals surface area contributed by atoms with Crippen molar-refractivity contribution < 1.29 is 0 Å². The minimum Gasteiger partial charge on any atom is -0.373 e. The molecule has 1 aliphatic heterocycles. The molecule has 1 aliphatic rings. The van der Waals surface area contributed by atoms with Crippen LogP contribution in [-0.4, -0.2) is 30.0 Å². The number of nitrogens with one attached hydrogen (secondary N) is 1. The van der Waals surface area contributed by atoms with Gasteiger partial charge in [-0.15, -0.1) is 0 Å². The van der Waals surface area contributed by atoms with Crippen molar-refractivity contribution in [3.8, 4) is 0 Å². The molecule has 2 rings (SSSR count). The second-order valence-electron chi connectivity index (χ2n) is 4.76. The first-order chi connectivity index (χ1) is 8.26. The summed E-state index contributed by atoms with van der Waals surface area (Å²) in [7, 11) is 1.92. The molecule has 3 nitrogen and oxygen atoms in total. The predicted octanol–water partition coefficient (Wildman–Crippen LogP) is 2.98. The van der Waals surface area contributed by atoms with Gasteiger partial charge in [0.2, 0.25) is 0 Å². The average Bonchev–Trinajstić information content (AvgIpc) is 2.38. The SMILES string of the molecule is CCN1CCCCC1c1ccc(NC)nc1C. The van der Waals surface area contributed by atoms with Crippen molar-refractivity contribution in [2.45, 2.75) is 39.2 Å². The Bertz CT molecular complexity index is 376. The molecular formula is C14H23N3. The van der Waals surface area contributed by atoms with Crippen LogP contribution in [0.5, 0.6) is 0 Å². The van der Waals surface area contributed by atoms with Crippen LogP contribution in [0.3, 0.4) is 0 Å². The maximum atomic E-state index is 4.60. The van der Waals surface area contributed by atoms with E-state index in [1.807, 2.05) is 7.05 Å². The van der Waals surface area contributed by atoms with Crippen molar-refractivity contribution >= 4 is 5.82 Å². The first-order valence-corrected chi connectivity index (χ1v) is 6.65. The van der Waals surface area contributed by atoms with E-state index in [-0.39, 0.29) is 0 Å². The number of piperidine rings is 1.